The summed E-state index contributed by atoms with van der Waals surface area (Å²) in [5.41, 5.74) is 1.14. The van der Waals surface area contributed by atoms with E-state index in [9.17, 15) is 4.79 Å². The molecule has 0 aromatic carbocycles. The van der Waals surface area contributed by atoms with Crippen molar-refractivity contribution in [1.29, 1.82) is 0 Å². The molecule has 0 radical (unpaired) electrons. The van der Waals surface area contributed by atoms with Gasteiger partial charge in [0.2, 0.25) is 5.91 Å². The molecule has 0 saturated carbocycles. The van der Waals surface area contributed by atoms with E-state index in [1.807, 2.05) is 24.0 Å². The number of carbonyl (C=O) groups excluding carboxylic acids is 1. The third kappa shape index (κ3) is 6.73. The lowest BCUT2D eigenvalue weighted by Gasteiger charge is -2.14. The number of amides is 1. The van der Waals surface area contributed by atoms with Crippen molar-refractivity contribution in [2.45, 2.75) is 13.5 Å². The summed E-state index contributed by atoms with van der Waals surface area (Å²) in [6.45, 7) is 3.67. The van der Waals surface area contributed by atoms with Gasteiger partial charge in [-0.25, -0.2) is 0 Å². The van der Waals surface area contributed by atoms with Gasteiger partial charge >= 0.3 is 0 Å². The lowest BCUT2D eigenvalue weighted by Crippen LogP contribution is -2.43. The smallest absolute Gasteiger partial charge is 0.241 e. The summed E-state index contributed by atoms with van der Waals surface area (Å²) >= 11 is 0. The second-order valence-corrected chi connectivity index (χ2v) is 4.42. The fourth-order valence-corrected chi connectivity index (χ4v) is 1.42. The quantitative estimate of drug-likeness (QED) is 0.421. The predicted octanol–water partition coefficient (Wildman–Crippen LogP) is 0.0627. The van der Waals surface area contributed by atoms with E-state index in [1.165, 1.54) is 4.90 Å². The van der Waals surface area contributed by atoms with Gasteiger partial charge in [0, 0.05) is 33.9 Å². The number of aromatic nitrogens is 2. The summed E-state index contributed by atoms with van der Waals surface area (Å²) < 4.78 is 1.86. The van der Waals surface area contributed by atoms with E-state index in [2.05, 4.69) is 20.7 Å². The number of hydrogen-bond acceptors (Lipinski definition) is 3. The molecule has 0 aliphatic rings. The van der Waals surface area contributed by atoms with Crippen molar-refractivity contribution in [2.75, 3.05) is 34.2 Å². The van der Waals surface area contributed by atoms with Crippen LogP contribution in [0, 0.1) is 6.92 Å². The summed E-state index contributed by atoms with van der Waals surface area (Å²) in [5.74, 6) is 0.615. The average Bonchev–Trinajstić information content (AvgIpc) is 2.78. The largest absolute Gasteiger partial charge is 0.355 e. The molecule has 0 aliphatic carbocycles. The van der Waals surface area contributed by atoms with Crippen LogP contribution in [0.2, 0.25) is 0 Å². The van der Waals surface area contributed by atoms with Gasteiger partial charge < -0.3 is 15.5 Å². The van der Waals surface area contributed by atoms with E-state index in [1.54, 1.807) is 21.1 Å². The van der Waals surface area contributed by atoms with Gasteiger partial charge in [0.1, 0.15) is 0 Å². The van der Waals surface area contributed by atoms with Gasteiger partial charge in [0.05, 0.1) is 19.3 Å². The molecular formula is C12H23IN6O. The number of guanidine groups is 1. The monoisotopic (exact) mass is 394 g/mol. The zero-order valence-electron chi connectivity index (χ0n) is 12.4. The molecule has 1 amide bonds. The number of likely N-dealkylation sites (N-methyl/N-ethyl adjacent to an activating group) is 1. The highest BCUT2D eigenvalue weighted by Gasteiger charge is 2.04. The van der Waals surface area contributed by atoms with Gasteiger partial charge in [-0.15, -0.1) is 24.0 Å². The molecule has 0 saturated heterocycles. The molecule has 114 valence electrons. The fourth-order valence-electron chi connectivity index (χ4n) is 1.42. The van der Waals surface area contributed by atoms with Crippen LogP contribution in [-0.2, 0) is 11.3 Å². The highest BCUT2D eigenvalue weighted by atomic mass is 127. The Hall–Kier alpha value is -1.32. The molecule has 1 heterocycles. The second kappa shape index (κ2) is 9.56. The van der Waals surface area contributed by atoms with Crippen LogP contribution in [-0.4, -0.2) is 60.8 Å². The third-order valence-corrected chi connectivity index (χ3v) is 2.53. The predicted molar refractivity (Wildman–Crippen MR) is 90.4 cm³/mol. The van der Waals surface area contributed by atoms with E-state index in [0.29, 0.717) is 12.5 Å². The van der Waals surface area contributed by atoms with Crippen LogP contribution in [0.4, 0.5) is 0 Å². The molecule has 1 aromatic heterocycles. The van der Waals surface area contributed by atoms with Crippen molar-refractivity contribution >= 4 is 35.8 Å². The Morgan fingerprint density at radius 3 is 2.65 bits per heavy atom. The van der Waals surface area contributed by atoms with Gasteiger partial charge in [-0.3, -0.25) is 14.5 Å². The number of hydrogen-bond donors (Lipinski definition) is 2. The summed E-state index contributed by atoms with van der Waals surface area (Å²) in [5, 5.41) is 10.3. The van der Waals surface area contributed by atoms with E-state index < -0.39 is 0 Å². The molecule has 0 unspecified atom stereocenters. The Balaban J connectivity index is 0.00000361. The molecular weight excluding hydrogens is 371 g/mol. The van der Waals surface area contributed by atoms with Crippen molar-refractivity contribution in [1.82, 2.24) is 25.3 Å². The van der Waals surface area contributed by atoms with Crippen molar-refractivity contribution < 1.29 is 4.79 Å². The number of nitrogens with zero attached hydrogens (tertiary/aromatic N) is 4. The van der Waals surface area contributed by atoms with Crippen LogP contribution in [0.25, 0.3) is 0 Å². The van der Waals surface area contributed by atoms with E-state index in [-0.39, 0.29) is 36.4 Å². The zero-order chi connectivity index (χ0) is 14.3. The van der Waals surface area contributed by atoms with Gasteiger partial charge in [0.15, 0.2) is 5.96 Å². The van der Waals surface area contributed by atoms with Crippen LogP contribution >= 0.6 is 24.0 Å². The van der Waals surface area contributed by atoms with Crippen LogP contribution in [0.15, 0.2) is 17.4 Å². The maximum atomic E-state index is 11.4. The molecule has 0 aliphatic heterocycles. The van der Waals surface area contributed by atoms with Gasteiger partial charge in [0.25, 0.3) is 0 Å². The Kier molecular flexibility index (Phi) is 8.93. The molecule has 0 fully saturated rings. The normalized spacial score (nSPS) is 10.7. The van der Waals surface area contributed by atoms with Crippen LogP contribution in [0.3, 0.4) is 0 Å². The number of nitrogens with one attached hydrogen (secondary N) is 2. The minimum absolute atomic E-state index is 0. The molecule has 0 spiro atoms. The first-order valence-electron chi connectivity index (χ1n) is 6.16. The number of aliphatic imine (C=N–C) groups is 1. The Labute approximate surface area is 136 Å². The Morgan fingerprint density at radius 2 is 2.15 bits per heavy atom. The van der Waals surface area contributed by atoms with E-state index in [4.69, 9.17) is 0 Å². The van der Waals surface area contributed by atoms with Gasteiger partial charge in [-0.1, -0.05) is 0 Å². The van der Waals surface area contributed by atoms with Gasteiger partial charge in [-0.05, 0) is 12.5 Å². The second-order valence-electron chi connectivity index (χ2n) is 4.42. The minimum atomic E-state index is 0. The van der Waals surface area contributed by atoms with Crippen molar-refractivity contribution in [2.24, 2.45) is 4.99 Å². The highest BCUT2D eigenvalue weighted by molar-refractivity contribution is 14.0. The highest BCUT2D eigenvalue weighted by Crippen LogP contribution is 1.92. The zero-order valence-corrected chi connectivity index (χ0v) is 14.7. The van der Waals surface area contributed by atoms with Crippen molar-refractivity contribution in [3.05, 3.63) is 18.0 Å². The van der Waals surface area contributed by atoms with E-state index >= 15 is 0 Å². The Morgan fingerprint density at radius 1 is 1.45 bits per heavy atom. The fraction of sp³-hybridized carbons (Fsp3) is 0.583. The summed E-state index contributed by atoms with van der Waals surface area (Å²) in [6.07, 6.45) is 3.80. The van der Waals surface area contributed by atoms with Crippen molar-refractivity contribution in [3.63, 3.8) is 0 Å². The molecule has 1 aromatic rings. The summed E-state index contributed by atoms with van der Waals surface area (Å²) in [4.78, 5) is 17.0. The summed E-state index contributed by atoms with van der Waals surface area (Å²) in [6, 6.07) is 0. The number of carbonyl (C=O) groups is 1. The van der Waals surface area contributed by atoms with Crippen molar-refractivity contribution in [3.8, 4) is 0 Å². The Bertz CT molecular complexity index is 443. The van der Waals surface area contributed by atoms with E-state index in [0.717, 1.165) is 12.1 Å². The molecule has 2 N–H and O–H groups in total. The van der Waals surface area contributed by atoms with Crippen LogP contribution in [0.1, 0.15) is 5.56 Å². The van der Waals surface area contributed by atoms with Crippen LogP contribution in [0.5, 0.6) is 0 Å². The molecule has 7 nitrogen and oxygen atoms in total. The van der Waals surface area contributed by atoms with Crippen LogP contribution < -0.4 is 10.6 Å². The molecule has 1 rings (SSSR count). The first-order chi connectivity index (χ1) is 9.02. The first-order valence-corrected chi connectivity index (χ1v) is 6.16. The third-order valence-electron chi connectivity index (χ3n) is 2.53. The standard InChI is InChI=1S/C12H22N6O.HI/c1-10-7-16-18(9-10)6-5-14-12(13-2)15-8-11(19)17(3)4;/h7,9H,5-6,8H2,1-4H3,(H2,13,14,15);1H. The molecule has 0 atom stereocenters. The molecule has 20 heavy (non-hydrogen) atoms. The maximum Gasteiger partial charge on any atom is 0.241 e. The lowest BCUT2D eigenvalue weighted by molar-refractivity contribution is -0.127. The lowest BCUT2D eigenvalue weighted by atomic mass is 10.4. The number of halogens is 1. The number of aryl methyl sites for hydroxylation is 1. The summed E-state index contributed by atoms with van der Waals surface area (Å²) in [7, 11) is 5.12. The topological polar surface area (TPSA) is 74.5 Å². The molecule has 0 bridgehead atoms. The first kappa shape index (κ1) is 18.7. The van der Waals surface area contributed by atoms with Gasteiger partial charge in [-0.2, -0.15) is 5.10 Å². The maximum absolute atomic E-state index is 11.4. The molecule has 8 heteroatoms. The average molecular weight is 394 g/mol. The minimum Gasteiger partial charge on any atom is -0.355 e. The number of rotatable bonds is 5. The SMILES string of the molecule is CN=C(NCCn1cc(C)cn1)NCC(=O)N(C)C.I.